The van der Waals surface area contributed by atoms with Crippen LogP contribution in [0.1, 0.15) is 37.9 Å². The summed E-state index contributed by atoms with van der Waals surface area (Å²) >= 11 is 1.10. The molecule has 0 saturated heterocycles. The van der Waals surface area contributed by atoms with E-state index < -0.39 is 17.6 Å². The molecule has 0 aliphatic carbocycles. The molecule has 1 aromatic heterocycles. The van der Waals surface area contributed by atoms with Gasteiger partial charge in [0.25, 0.3) is 0 Å². The molecule has 9 heteroatoms. The van der Waals surface area contributed by atoms with Gasteiger partial charge in [-0.2, -0.15) is 13.2 Å². The van der Waals surface area contributed by atoms with E-state index in [0.717, 1.165) is 41.2 Å². The van der Waals surface area contributed by atoms with Crippen LogP contribution in [0.2, 0.25) is 0 Å². The van der Waals surface area contributed by atoms with Crippen molar-refractivity contribution in [3.8, 4) is 0 Å². The second kappa shape index (κ2) is 9.50. The Kier molecular flexibility index (Phi) is 7.33. The fourth-order valence-electron chi connectivity index (χ4n) is 2.31. The molecule has 2 aromatic rings. The predicted octanol–water partition coefficient (Wildman–Crippen LogP) is 4.78. The Hall–Kier alpha value is -2.68. The minimum atomic E-state index is -4.51. The first-order valence-electron chi connectivity index (χ1n) is 8.61. The Labute approximate surface area is 164 Å². The summed E-state index contributed by atoms with van der Waals surface area (Å²) in [5.41, 5.74) is -0.343. The molecular weight excluding hydrogens is 391 g/mol. The van der Waals surface area contributed by atoms with E-state index >= 15 is 0 Å². The van der Waals surface area contributed by atoms with Crippen molar-refractivity contribution in [1.29, 1.82) is 0 Å². The van der Waals surface area contributed by atoms with Crippen molar-refractivity contribution >= 4 is 40.0 Å². The molecule has 0 aliphatic rings. The number of benzene rings is 1. The zero-order chi connectivity index (χ0) is 20.7. The average Bonchev–Trinajstić information content (AvgIpc) is 3.08. The van der Waals surface area contributed by atoms with Crippen molar-refractivity contribution in [3.05, 3.63) is 47.0 Å². The van der Waals surface area contributed by atoms with Gasteiger partial charge in [-0.25, -0.2) is 4.98 Å². The number of nitrogens with zero attached hydrogens (tertiary/aromatic N) is 2. The quantitative estimate of drug-likeness (QED) is 0.527. The molecule has 0 atom stereocenters. The largest absolute Gasteiger partial charge is 0.416 e. The molecular formula is C19H20F3N3O2S. The SMILES string of the molecule is CCCCNC(=O)/C=C/c1csc(N(C(C)=O)c2cccc(C(F)(F)F)c2)n1. The second-order valence-electron chi connectivity index (χ2n) is 5.94. The number of alkyl halides is 3. The normalized spacial score (nSPS) is 11.6. The Morgan fingerprint density at radius 3 is 2.71 bits per heavy atom. The lowest BCUT2D eigenvalue weighted by molar-refractivity contribution is -0.137. The molecule has 0 radical (unpaired) electrons. The molecule has 2 rings (SSSR count). The summed E-state index contributed by atoms with van der Waals surface area (Å²) < 4.78 is 38.9. The lowest BCUT2D eigenvalue weighted by Gasteiger charge is -2.19. The molecule has 0 unspecified atom stereocenters. The molecule has 0 aliphatic heterocycles. The molecule has 1 N–H and O–H groups in total. The summed E-state index contributed by atoms with van der Waals surface area (Å²) in [6.07, 6.45) is 0.157. The van der Waals surface area contributed by atoms with Gasteiger partial charge in [0.2, 0.25) is 11.8 Å². The molecule has 1 aromatic carbocycles. The number of unbranched alkanes of at least 4 members (excludes halogenated alkanes) is 1. The number of anilines is 2. The van der Waals surface area contributed by atoms with Crippen LogP contribution in [-0.2, 0) is 15.8 Å². The van der Waals surface area contributed by atoms with Gasteiger partial charge in [-0.05, 0) is 30.7 Å². The van der Waals surface area contributed by atoms with E-state index in [2.05, 4.69) is 10.3 Å². The zero-order valence-electron chi connectivity index (χ0n) is 15.4. The third kappa shape index (κ3) is 5.91. The van der Waals surface area contributed by atoms with Gasteiger partial charge in [0.15, 0.2) is 5.13 Å². The Morgan fingerprint density at radius 2 is 2.07 bits per heavy atom. The number of aromatic nitrogens is 1. The molecule has 28 heavy (non-hydrogen) atoms. The van der Waals surface area contributed by atoms with E-state index in [1.807, 2.05) is 6.92 Å². The highest BCUT2D eigenvalue weighted by atomic mass is 32.1. The van der Waals surface area contributed by atoms with E-state index in [-0.39, 0.29) is 16.7 Å². The van der Waals surface area contributed by atoms with Crippen LogP contribution in [0.3, 0.4) is 0 Å². The summed E-state index contributed by atoms with van der Waals surface area (Å²) in [4.78, 5) is 29.1. The number of carbonyl (C=O) groups excluding carboxylic acids is 2. The van der Waals surface area contributed by atoms with Gasteiger partial charge in [-0.1, -0.05) is 19.4 Å². The number of halogens is 3. The van der Waals surface area contributed by atoms with Gasteiger partial charge in [0.05, 0.1) is 16.9 Å². The molecule has 0 bridgehead atoms. The van der Waals surface area contributed by atoms with Crippen LogP contribution in [0, 0.1) is 0 Å². The Balaban J connectivity index is 2.21. The fraction of sp³-hybridized carbons (Fsp3) is 0.316. The number of nitrogens with one attached hydrogen (secondary N) is 1. The first-order chi connectivity index (χ1) is 13.2. The first kappa shape index (κ1) is 21.6. The van der Waals surface area contributed by atoms with Gasteiger partial charge in [0.1, 0.15) is 0 Å². The van der Waals surface area contributed by atoms with E-state index in [9.17, 15) is 22.8 Å². The summed E-state index contributed by atoms with van der Waals surface area (Å²) in [6.45, 7) is 3.85. The summed E-state index contributed by atoms with van der Waals surface area (Å²) in [5.74, 6) is -0.731. The van der Waals surface area contributed by atoms with Gasteiger partial charge in [-0.15, -0.1) is 11.3 Å². The van der Waals surface area contributed by atoms with E-state index in [0.29, 0.717) is 12.2 Å². The third-order valence-electron chi connectivity index (χ3n) is 3.68. The molecule has 1 heterocycles. The highest BCUT2D eigenvalue weighted by Gasteiger charge is 2.31. The van der Waals surface area contributed by atoms with Crippen LogP contribution in [0.5, 0.6) is 0 Å². The van der Waals surface area contributed by atoms with E-state index in [4.69, 9.17) is 0 Å². The molecule has 2 amide bonds. The van der Waals surface area contributed by atoms with Gasteiger partial charge in [-0.3, -0.25) is 14.5 Å². The summed E-state index contributed by atoms with van der Waals surface area (Å²) in [7, 11) is 0. The highest BCUT2D eigenvalue weighted by Crippen LogP contribution is 2.35. The van der Waals surface area contributed by atoms with Crippen LogP contribution in [0.4, 0.5) is 24.0 Å². The fourth-order valence-corrected chi connectivity index (χ4v) is 3.17. The van der Waals surface area contributed by atoms with Crippen LogP contribution >= 0.6 is 11.3 Å². The molecule has 0 spiro atoms. The molecule has 0 fully saturated rings. The molecule has 150 valence electrons. The minimum Gasteiger partial charge on any atom is -0.353 e. The number of carbonyl (C=O) groups is 2. The lowest BCUT2D eigenvalue weighted by atomic mass is 10.2. The van der Waals surface area contributed by atoms with Gasteiger partial charge < -0.3 is 5.32 Å². The molecule has 0 saturated carbocycles. The van der Waals surface area contributed by atoms with E-state index in [1.54, 1.807) is 5.38 Å². The maximum Gasteiger partial charge on any atom is 0.416 e. The standard InChI is InChI=1S/C19H20F3N3O2S/c1-3-4-10-23-17(27)9-8-15-12-28-18(24-15)25(13(2)26)16-7-5-6-14(11-16)19(20,21)22/h5-9,11-12H,3-4,10H2,1-2H3,(H,23,27)/b9-8+. The first-order valence-corrected chi connectivity index (χ1v) is 9.49. The summed E-state index contributed by atoms with van der Waals surface area (Å²) in [5, 5.41) is 4.57. The average molecular weight is 411 g/mol. The number of thiazole rings is 1. The lowest BCUT2D eigenvalue weighted by Crippen LogP contribution is -2.23. The Morgan fingerprint density at radius 1 is 1.32 bits per heavy atom. The van der Waals surface area contributed by atoms with Crippen LogP contribution in [0.15, 0.2) is 35.7 Å². The zero-order valence-corrected chi connectivity index (χ0v) is 16.2. The number of rotatable bonds is 7. The van der Waals surface area contributed by atoms with Crippen molar-refractivity contribution in [2.45, 2.75) is 32.9 Å². The van der Waals surface area contributed by atoms with E-state index in [1.165, 1.54) is 31.2 Å². The highest BCUT2D eigenvalue weighted by molar-refractivity contribution is 7.14. The predicted molar refractivity (Wildman–Crippen MR) is 103 cm³/mol. The van der Waals surface area contributed by atoms with Crippen molar-refractivity contribution < 1.29 is 22.8 Å². The van der Waals surface area contributed by atoms with Gasteiger partial charge in [0, 0.05) is 24.9 Å². The number of hydrogen-bond donors (Lipinski definition) is 1. The monoisotopic (exact) mass is 411 g/mol. The van der Waals surface area contributed by atoms with Crippen LogP contribution < -0.4 is 10.2 Å². The van der Waals surface area contributed by atoms with Crippen LogP contribution in [0.25, 0.3) is 6.08 Å². The maximum atomic E-state index is 13.0. The topological polar surface area (TPSA) is 62.3 Å². The van der Waals surface area contributed by atoms with Gasteiger partial charge >= 0.3 is 6.18 Å². The second-order valence-corrected chi connectivity index (χ2v) is 6.77. The van der Waals surface area contributed by atoms with Crippen molar-refractivity contribution in [1.82, 2.24) is 10.3 Å². The third-order valence-corrected chi connectivity index (χ3v) is 4.53. The summed E-state index contributed by atoms with van der Waals surface area (Å²) in [6, 6.07) is 4.49. The van der Waals surface area contributed by atoms with Crippen LogP contribution in [-0.4, -0.2) is 23.3 Å². The molecule has 5 nitrogen and oxygen atoms in total. The Bertz CT molecular complexity index is 862. The van der Waals surface area contributed by atoms with Crippen molar-refractivity contribution in [2.24, 2.45) is 0 Å². The number of amides is 2. The van der Waals surface area contributed by atoms with Crippen molar-refractivity contribution in [2.75, 3.05) is 11.4 Å². The maximum absolute atomic E-state index is 13.0. The smallest absolute Gasteiger partial charge is 0.353 e. The number of hydrogen-bond acceptors (Lipinski definition) is 4. The van der Waals surface area contributed by atoms with Crippen molar-refractivity contribution in [3.63, 3.8) is 0 Å². The minimum absolute atomic E-state index is 0.0736.